The van der Waals surface area contributed by atoms with Crippen LogP contribution in [0, 0.1) is 0 Å². The van der Waals surface area contributed by atoms with Gasteiger partial charge in [0.1, 0.15) is 7.05 Å². The standard InChI is InChI=1S/C21H23N4/c1-17(18-13-15-24(2)16-14-18)23-25(3)21-11-9-20(10-12-21)22-19-7-5-4-6-8-19/h4-16,22H,1-3H3/q+1. The molecule has 25 heavy (non-hydrogen) atoms. The number of hydrazone groups is 1. The van der Waals surface area contributed by atoms with Crippen molar-refractivity contribution < 1.29 is 4.57 Å². The minimum Gasteiger partial charge on any atom is -0.356 e. The fourth-order valence-corrected chi connectivity index (χ4v) is 2.53. The Balaban J connectivity index is 1.70. The van der Waals surface area contributed by atoms with Gasteiger partial charge in [0.25, 0.3) is 0 Å². The first kappa shape index (κ1) is 16.7. The molecular weight excluding hydrogens is 308 g/mol. The Kier molecular flexibility index (Phi) is 5.09. The number of hydrogen-bond donors (Lipinski definition) is 1. The number of hydrogen-bond acceptors (Lipinski definition) is 3. The predicted molar refractivity (Wildman–Crippen MR) is 104 cm³/mol. The van der Waals surface area contributed by atoms with Gasteiger partial charge in [0.05, 0.1) is 11.4 Å². The highest BCUT2D eigenvalue weighted by molar-refractivity contribution is 5.98. The Morgan fingerprint density at radius 2 is 1.48 bits per heavy atom. The Hall–Kier alpha value is -3.14. The predicted octanol–water partition coefficient (Wildman–Crippen LogP) is 4.12. The molecule has 0 radical (unpaired) electrons. The topological polar surface area (TPSA) is 31.5 Å². The lowest BCUT2D eigenvalue weighted by Gasteiger charge is -2.15. The number of aryl methyl sites for hydroxylation is 1. The Bertz CT molecular complexity index is 837. The zero-order chi connectivity index (χ0) is 17.6. The molecule has 0 spiro atoms. The maximum Gasteiger partial charge on any atom is 0.169 e. The lowest BCUT2D eigenvalue weighted by Crippen LogP contribution is -2.26. The third-order valence-electron chi connectivity index (χ3n) is 4.00. The zero-order valence-electron chi connectivity index (χ0n) is 14.8. The molecule has 1 N–H and O–H groups in total. The van der Waals surface area contributed by atoms with Gasteiger partial charge < -0.3 is 5.32 Å². The van der Waals surface area contributed by atoms with Crippen LogP contribution in [0.5, 0.6) is 0 Å². The van der Waals surface area contributed by atoms with Crippen molar-refractivity contribution in [2.24, 2.45) is 12.1 Å². The Morgan fingerprint density at radius 3 is 2.12 bits per heavy atom. The van der Waals surface area contributed by atoms with Gasteiger partial charge in [0, 0.05) is 36.1 Å². The van der Waals surface area contributed by atoms with Crippen molar-refractivity contribution in [3.63, 3.8) is 0 Å². The normalized spacial score (nSPS) is 11.2. The van der Waals surface area contributed by atoms with E-state index in [1.165, 1.54) is 0 Å². The van der Waals surface area contributed by atoms with E-state index in [0.717, 1.165) is 28.3 Å². The van der Waals surface area contributed by atoms with Gasteiger partial charge in [-0.2, -0.15) is 5.10 Å². The van der Waals surface area contributed by atoms with E-state index < -0.39 is 0 Å². The van der Waals surface area contributed by atoms with Crippen LogP contribution < -0.4 is 14.9 Å². The fourth-order valence-electron chi connectivity index (χ4n) is 2.53. The summed E-state index contributed by atoms with van der Waals surface area (Å²) >= 11 is 0. The van der Waals surface area contributed by atoms with Gasteiger partial charge in [-0.05, 0) is 43.3 Å². The molecule has 4 nitrogen and oxygen atoms in total. The first-order chi connectivity index (χ1) is 12.1. The van der Waals surface area contributed by atoms with Crippen molar-refractivity contribution in [1.29, 1.82) is 0 Å². The second-order valence-electron chi connectivity index (χ2n) is 6.00. The number of nitrogens with one attached hydrogen (secondary N) is 1. The molecule has 0 unspecified atom stereocenters. The molecule has 3 aromatic rings. The average Bonchev–Trinajstić information content (AvgIpc) is 2.63. The highest BCUT2D eigenvalue weighted by Gasteiger charge is 2.04. The molecule has 126 valence electrons. The van der Waals surface area contributed by atoms with Crippen LogP contribution >= 0.6 is 0 Å². The molecule has 0 atom stereocenters. The van der Waals surface area contributed by atoms with E-state index >= 15 is 0 Å². The first-order valence-corrected chi connectivity index (χ1v) is 8.28. The number of rotatable bonds is 5. The summed E-state index contributed by atoms with van der Waals surface area (Å²) < 4.78 is 2.01. The second-order valence-corrected chi connectivity index (χ2v) is 6.00. The molecule has 0 aliphatic carbocycles. The summed E-state index contributed by atoms with van der Waals surface area (Å²) in [7, 11) is 3.97. The van der Waals surface area contributed by atoms with Crippen molar-refractivity contribution >= 4 is 22.8 Å². The van der Waals surface area contributed by atoms with Crippen LogP contribution in [0.3, 0.4) is 0 Å². The van der Waals surface area contributed by atoms with Crippen molar-refractivity contribution in [1.82, 2.24) is 0 Å². The van der Waals surface area contributed by atoms with E-state index in [1.54, 1.807) is 0 Å². The fraction of sp³-hybridized carbons (Fsp3) is 0.143. The summed E-state index contributed by atoms with van der Waals surface area (Å²) in [5.41, 5.74) is 5.27. The smallest absolute Gasteiger partial charge is 0.169 e. The van der Waals surface area contributed by atoms with Gasteiger partial charge in [-0.15, -0.1) is 0 Å². The van der Waals surface area contributed by atoms with Gasteiger partial charge in [-0.25, -0.2) is 4.57 Å². The summed E-state index contributed by atoms with van der Waals surface area (Å²) in [6, 6.07) is 22.5. The van der Waals surface area contributed by atoms with Crippen molar-refractivity contribution in [3.8, 4) is 0 Å². The maximum absolute atomic E-state index is 4.68. The summed E-state index contributed by atoms with van der Waals surface area (Å²) in [5.74, 6) is 0. The summed E-state index contributed by atoms with van der Waals surface area (Å²) in [5, 5.41) is 9.96. The van der Waals surface area contributed by atoms with Crippen LogP contribution in [-0.4, -0.2) is 12.8 Å². The number of anilines is 3. The minimum atomic E-state index is 0.981. The molecule has 0 amide bonds. The molecule has 3 rings (SSSR count). The lowest BCUT2D eigenvalue weighted by molar-refractivity contribution is -0.671. The number of pyridine rings is 1. The van der Waals surface area contributed by atoms with Crippen molar-refractivity contribution in [2.75, 3.05) is 17.4 Å². The van der Waals surface area contributed by atoms with Gasteiger partial charge in [-0.1, -0.05) is 18.2 Å². The number of nitrogens with zero attached hydrogens (tertiary/aromatic N) is 3. The molecule has 1 aromatic heterocycles. The minimum absolute atomic E-state index is 0.981. The van der Waals surface area contributed by atoms with Gasteiger partial charge in [0.2, 0.25) is 0 Å². The molecule has 2 aromatic carbocycles. The molecule has 0 fully saturated rings. The van der Waals surface area contributed by atoms with Crippen LogP contribution in [0.15, 0.2) is 84.2 Å². The maximum atomic E-state index is 4.68. The monoisotopic (exact) mass is 331 g/mol. The van der Waals surface area contributed by atoms with E-state index in [1.807, 2.05) is 73.3 Å². The Labute approximate surface area is 149 Å². The van der Waals surface area contributed by atoms with E-state index in [0.29, 0.717) is 0 Å². The Morgan fingerprint density at radius 1 is 0.880 bits per heavy atom. The molecular formula is C21H23N4+. The molecule has 0 aliphatic heterocycles. The van der Waals surface area contributed by atoms with Gasteiger partial charge in [0.15, 0.2) is 12.4 Å². The summed E-state index contributed by atoms with van der Waals surface area (Å²) in [6.07, 6.45) is 4.05. The van der Waals surface area contributed by atoms with Crippen LogP contribution in [0.4, 0.5) is 17.1 Å². The second kappa shape index (κ2) is 7.62. The van der Waals surface area contributed by atoms with Crippen molar-refractivity contribution in [3.05, 3.63) is 84.7 Å². The quantitative estimate of drug-likeness (QED) is 0.433. The number of aromatic nitrogens is 1. The number of para-hydroxylation sites is 1. The lowest BCUT2D eigenvalue weighted by atomic mass is 10.2. The molecule has 0 aliphatic rings. The third-order valence-corrected chi connectivity index (χ3v) is 4.00. The molecule has 1 heterocycles. The molecule has 0 saturated heterocycles. The van der Waals surface area contributed by atoms with E-state index in [9.17, 15) is 0 Å². The molecule has 0 saturated carbocycles. The van der Waals surface area contributed by atoms with Gasteiger partial charge in [-0.3, -0.25) is 5.01 Å². The van der Waals surface area contributed by atoms with E-state index in [4.69, 9.17) is 0 Å². The van der Waals surface area contributed by atoms with Crippen LogP contribution in [0.25, 0.3) is 0 Å². The first-order valence-electron chi connectivity index (χ1n) is 8.28. The number of benzene rings is 2. The van der Waals surface area contributed by atoms with Crippen LogP contribution in [0.2, 0.25) is 0 Å². The highest BCUT2D eigenvalue weighted by Crippen LogP contribution is 2.20. The SMILES string of the molecule is CC(=NN(C)c1ccc(Nc2ccccc2)cc1)c1cc[n+](C)cc1. The summed E-state index contributed by atoms with van der Waals surface area (Å²) in [6.45, 7) is 2.02. The summed E-state index contributed by atoms with van der Waals surface area (Å²) in [4.78, 5) is 0. The molecule has 4 heteroatoms. The molecule has 0 bridgehead atoms. The zero-order valence-corrected chi connectivity index (χ0v) is 14.8. The average molecular weight is 331 g/mol. The van der Waals surface area contributed by atoms with Crippen LogP contribution in [0.1, 0.15) is 12.5 Å². The highest BCUT2D eigenvalue weighted by atomic mass is 15.4. The van der Waals surface area contributed by atoms with Gasteiger partial charge >= 0.3 is 0 Å². The van der Waals surface area contributed by atoms with E-state index in [2.05, 4.69) is 46.8 Å². The largest absolute Gasteiger partial charge is 0.356 e. The van der Waals surface area contributed by atoms with Crippen LogP contribution in [-0.2, 0) is 7.05 Å². The third kappa shape index (κ3) is 4.44. The van der Waals surface area contributed by atoms with Crippen molar-refractivity contribution in [2.45, 2.75) is 6.92 Å². The van der Waals surface area contributed by atoms with E-state index in [-0.39, 0.29) is 0 Å².